The maximum Gasteiger partial charge on any atom is 0.301 e. The Bertz CT molecular complexity index is 1870. The summed E-state index contributed by atoms with van der Waals surface area (Å²) in [6.07, 6.45) is 3.66. The number of ether oxygens (including phenoxy) is 1. The molecule has 44 heavy (non-hydrogen) atoms. The zero-order valence-corrected chi connectivity index (χ0v) is 26.5. The molecule has 3 aromatic heterocycles. The first-order valence-electron chi connectivity index (χ1n) is 14.6. The van der Waals surface area contributed by atoms with Crippen LogP contribution in [0.4, 0.5) is 5.69 Å². The molecule has 1 fully saturated rings. The average molecular weight is 635 g/mol. The van der Waals surface area contributed by atoms with Crippen molar-refractivity contribution in [2.75, 3.05) is 24.6 Å². The molecule has 0 aliphatic carbocycles. The molecule has 9 nitrogen and oxygen atoms in total. The van der Waals surface area contributed by atoms with E-state index >= 15 is 0 Å². The Kier molecular flexibility index (Phi) is 7.80. The van der Waals surface area contributed by atoms with E-state index in [2.05, 4.69) is 16.5 Å². The standard InChI is InChI=1S/C33H33Cl2N5O4/c1-6-25(42)38-16-20-11-13-44-31-30(39(20)15-19(38)5)21-14-23(35)28(26-22(34)8-7-9-24(26)41)37-32(21)40(33(31)43)29-18(4)10-12-36-27(29)17(2)3/h6-10,12,14,17,19-20,41H,1,11,13,15-16H2,2-5H3. The predicted molar refractivity (Wildman–Crippen MR) is 174 cm³/mol. The fourth-order valence-electron chi connectivity index (χ4n) is 6.36. The summed E-state index contributed by atoms with van der Waals surface area (Å²) in [5.41, 5.74) is 3.21. The molecule has 2 unspecified atom stereocenters. The van der Waals surface area contributed by atoms with Gasteiger partial charge in [0.15, 0.2) is 5.65 Å². The molecule has 2 aliphatic heterocycles. The molecule has 2 aliphatic rings. The highest BCUT2D eigenvalue weighted by atomic mass is 35.5. The number of amides is 1. The van der Waals surface area contributed by atoms with Crippen LogP contribution in [0.15, 0.2) is 54.0 Å². The molecule has 1 aromatic carbocycles. The van der Waals surface area contributed by atoms with Gasteiger partial charge in [-0.05, 0) is 55.7 Å². The number of pyridine rings is 3. The number of carbonyl (C=O) groups is 1. The van der Waals surface area contributed by atoms with E-state index in [9.17, 15) is 14.7 Å². The van der Waals surface area contributed by atoms with Gasteiger partial charge in [-0.3, -0.25) is 19.1 Å². The number of phenolic OH excluding ortho intramolecular Hbond substituents is 1. The topological polar surface area (TPSA) is 101 Å². The van der Waals surface area contributed by atoms with Crippen molar-refractivity contribution in [1.82, 2.24) is 19.4 Å². The molecule has 5 heterocycles. The second-order valence-electron chi connectivity index (χ2n) is 11.6. The highest BCUT2D eigenvalue weighted by molar-refractivity contribution is 6.37. The van der Waals surface area contributed by atoms with Crippen molar-refractivity contribution in [3.8, 4) is 28.4 Å². The number of piperazine rings is 1. The van der Waals surface area contributed by atoms with Gasteiger partial charge in [0.25, 0.3) is 0 Å². The van der Waals surface area contributed by atoms with Crippen LogP contribution < -0.4 is 15.2 Å². The molecule has 0 bridgehead atoms. The molecule has 0 spiro atoms. The maximum atomic E-state index is 14.7. The van der Waals surface area contributed by atoms with E-state index in [-0.39, 0.29) is 68.9 Å². The lowest BCUT2D eigenvalue weighted by Crippen LogP contribution is -2.59. The lowest BCUT2D eigenvalue weighted by molar-refractivity contribution is -0.128. The van der Waals surface area contributed by atoms with Crippen LogP contribution in [0.25, 0.3) is 28.0 Å². The van der Waals surface area contributed by atoms with Crippen LogP contribution in [0.5, 0.6) is 11.5 Å². The van der Waals surface area contributed by atoms with E-state index in [4.69, 9.17) is 32.9 Å². The molecule has 1 N–H and O–H groups in total. The summed E-state index contributed by atoms with van der Waals surface area (Å²) >= 11 is 13.5. The van der Waals surface area contributed by atoms with E-state index < -0.39 is 0 Å². The first-order valence-corrected chi connectivity index (χ1v) is 15.3. The van der Waals surface area contributed by atoms with E-state index in [1.807, 2.05) is 33.8 Å². The molecular weight excluding hydrogens is 601 g/mol. The highest BCUT2D eigenvalue weighted by Gasteiger charge is 2.39. The minimum atomic E-state index is -0.382. The molecule has 1 amide bonds. The van der Waals surface area contributed by atoms with Gasteiger partial charge >= 0.3 is 5.56 Å². The van der Waals surface area contributed by atoms with Crippen LogP contribution >= 0.6 is 23.2 Å². The summed E-state index contributed by atoms with van der Waals surface area (Å²) in [6, 6.07) is 8.14. The average Bonchev–Trinajstić information content (AvgIpc) is 3.17. The van der Waals surface area contributed by atoms with Crippen molar-refractivity contribution in [2.24, 2.45) is 0 Å². The number of aromatic nitrogens is 3. The van der Waals surface area contributed by atoms with E-state index in [0.29, 0.717) is 41.9 Å². The summed E-state index contributed by atoms with van der Waals surface area (Å²) in [6.45, 7) is 12.8. The normalized spacial score (nSPS) is 18.1. The number of hydrogen-bond donors (Lipinski definition) is 1. The van der Waals surface area contributed by atoms with E-state index in [1.54, 1.807) is 33.9 Å². The van der Waals surface area contributed by atoms with Gasteiger partial charge in [-0.25, -0.2) is 4.98 Å². The van der Waals surface area contributed by atoms with Crippen molar-refractivity contribution in [3.63, 3.8) is 0 Å². The monoisotopic (exact) mass is 633 g/mol. The molecule has 228 valence electrons. The van der Waals surface area contributed by atoms with Gasteiger partial charge in [-0.2, -0.15) is 0 Å². The van der Waals surface area contributed by atoms with Gasteiger partial charge in [0, 0.05) is 37.1 Å². The smallest absolute Gasteiger partial charge is 0.301 e. The number of nitrogens with zero attached hydrogens (tertiary/aromatic N) is 5. The second kappa shape index (κ2) is 11.4. The van der Waals surface area contributed by atoms with E-state index in [0.717, 1.165) is 11.3 Å². The van der Waals surface area contributed by atoms with Crippen LogP contribution in [0, 0.1) is 6.92 Å². The molecule has 11 heteroatoms. The predicted octanol–water partition coefficient (Wildman–Crippen LogP) is 6.27. The number of benzene rings is 1. The second-order valence-corrected chi connectivity index (χ2v) is 12.5. The number of hydrogen-bond acceptors (Lipinski definition) is 7. The number of anilines is 1. The lowest BCUT2D eigenvalue weighted by Gasteiger charge is -2.45. The molecule has 4 aromatic rings. The van der Waals surface area contributed by atoms with Crippen molar-refractivity contribution in [1.29, 1.82) is 0 Å². The Balaban J connectivity index is 1.72. The van der Waals surface area contributed by atoms with Crippen LogP contribution in [-0.4, -0.2) is 62.2 Å². The Morgan fingerprint density at radius 1 is 1.18 bits per heavy atom. The third-order valence-electron chi connectivity index (χ3n) is 8.47. The minimum Gasteiger partial charge on any atom is -0.507 e. The maximum absolute atomic E-state index is 14.7. The van der Waals surface area contributed by atoms with Crippen LogP contribution in [0.3, 0.4) is 0 Å². The van der Waals surface area contributed by atoms with Gasteiger partial charge < -0.3 is 19.6 Å². The van der Waals surface area contributed by atoms with Crippen molar-refractivity contribution in [2.45, 2.75) is 52.1 Å². The largest absolute Gasteiger partial charge is 0.507 e. The van der Waals surface area contributed by atoms with Crippen molar-refractivity contribution < 1.29 is 14.6 Å². The van der Waals surface area contributed by atoms with Gasteiger partial charge in [-0.15, -0.1) is 0 Å². The summed E-state index contributed by atoms with van der Waals surface area (Å²) in [7, 11) is 0. The number of phenols is 1. The molecule has 6 rings (SSSR count). The summed E-state index contributed by atoms with van der Waals surface area (Å²) in [4.78, 5) is 41.0. The molecule has 0 radical (unpaired) electrons. The number of rotatable bonds is 4. The Morgan fingerprint density at radius 3 is 2.66 bits per heavy atom. The Hall–Kier alpha value is -4.08. The Morgan fingerprint density at radius 2 is 1.95 bits per heavy atom. The number of halogens is 2. The molecule has 0 saturated carbocycles. The lowest BCUT2D eigenvalue weighted by atomic mass is 10.0. The molecule has 2 atom stereocenters. The number of carbonyl (C=O) groups excluding carboxylic acids is 1. The third-order valence-corrected chi connectivity index (χ3v) is 9.08. The van der Waals surface area contributed by atoms with Gasteiger partial charge in [0.2, 0.25) is 11.7 Å². The number of aromatic hydroxyl groups is 1. The fraction of sp³-hybridized carbons (Fsp3) is 0.333. The van der Waals surface area contributed by atoms with Gasteiger partial charge in [0.1, 0.15) is 5.75 Å². The SMILES string of the molecule is C=CC(=O)N1CC2CCOc3c(c4cc(Cl)c(-c5c(O)cccc5Cl)nc4n(-c4c(C)ccnc4C(C)C)c3=O)N2CC1C. The minimum absolute atomic E-state index is 0.00772. The van der Waals surface area contributed by atoms with Crippen molar-refractivity contribution in [3.05, 3.63) is 80.8 Å². The van der Waals surface area contributed by atoms with Gasteiger partial charge in [-0.1, -0.05) is 49.7 Å². The summed E-state index contributed by atoms with van der Waals surface area (Å²) in [5.74, 6) is -0.0351. The first-order chi connectivity index (χ1) is 21.0. The Labute approximate surface area is 265 Å². The van der Waals surface area contributed by atoms with Gasteiger partial charge in [0.05, 0.1) is 51.0 Å². The van der Waals surface area contributed by atoms with E-state index in [1.165, 1.54) is 12.1 Å². The van der Waals surface area contributed by atoms with Crippen LogP contribution in [0.2, 0.25) is 10.0 Å². The summed E-state index contributed by atoms with van der Waals surface area (Å²) < 4.78 is 7.84. The zero-order valence-electron chi connectivity index (χ0n) is 25.0. The third kappa shape index (κ3) is 4.79. The number of fused-ring (bicyclic) bond motifs is 5. The molecule has 1 saturated heterocycles. The highest BCUT2D eigenvalue weighted by Crippen LogP contribution is 2.45. The summed E-state index contributed by atoms with van der Waals surface area (Å²) in [5, 5.41) is 11.9. The molecular formula is C33H33Cl2N5O4. The quantitative estimate of drug-likeness (QED) is 0.264. The van der Waals surface area contributed by atoms with Crippen molar-refractivity contribution >= 4 is 45.8 Å². The van der Waals surface area contributed by atoms with Crippen LogP contribution in [-0.2, 0) is 4.79 Å². The number of aryl methyl sites for hydroxylation is 1. The van der Waals surface area contributed by atoms with Crippen LogP contribution in [0.1, 0.15) is 44.4 Å². The fourth-order valence-corrected chi connectivity index (χ4v) is 6.86. The zero-order chi connectivity index (χ0) is 31.4. The first kappa shape index (κ1) is 30.0.